The van der Waals surface area contributed by atoms with Crippen molar-refractivity contribution in [1.82, 2.24) is 24.7 Å². The number of fused-ring (bicyclic) bond motifs is 1. The van der Waals surface area contributed by atoms with E-state index in [9.17, 15) is 5.11 Å². The molecule has 1 unspecified atom stereocenters. The number of ether oxygens (including phenoxy) is 1. The lowest BCUT2D eigenvalue weighted by molar-refractivity contribution is 0.0524. The minimum atomic E-state index is 0.00251. The summed E-state index contributed by atoms with van der Waals surface area (Å²) in [6.07, 6.45) is 4.15. The molecule has 4 rings (SSSR count). The molecule has 1 fully saturated rings. The van der Waals surface area contributed by atoms with Gasteiger partial charge in [-0.2, -0.15) is 0 Å². The van der Waals surface area contributed by atoms with Gasteiger partial charge in [0.05, 0.1) is 12.1 Å². The van der Waals surface area contributed by atoms with Crippen LogP contribution in [0, 0.1) is 0 Å². The Labute approximate surface area is 190 Å². The fourth-order valence-electron chi connectivity index (χ4n) is 4.34. The van der Waals surface area contributed by atoms with Crippen LogP contribution in [0.4, 0.5) is 5.82 Å². The monoisotopic (exact) mass is 440 g/mol. The smallest absolute Gasteiger partial charge is 0.145 e. The molecule has 2 aliphatic heterocycles. The summed E-state index contributed by atoms with van der Waals surface area (Å²) in [5, 5.41) is 13.8. The van der Waals surface area contributed by atoms with Crippen LogP contribution in [-0.2, 0) is 11.3 Å². The third kappa shape index (κ3) is 6.16. The summed E-state index contributed by atoms with van der Waals surface area (Å²) in [4.78, 5) is 16.8. The van der Waals surface area contributed by atoms with Gasteiger partial charge in [0.2, 0.25) is 0 Å². The zero-order valence-electron chi connectivity index (χ0n) is 19.3. The number of rotatable bonds is 10. The number of nitrogens with zero attached hydrogens (tertiary/aromatic N) is 5. The number of anilines is 1. The van der Waals surface area contributed by atoms with Crippen molar-refractivity contribution in [3.05, 3.63) is 41.9 Å². The molecule has 1 aromatic heterocycles. The van der Waals surface area contributed by atoms with Crippen molar-refractivity contribution in [3.63, 3.8) is 0 Å². The first-order chi connectivity index (χ1) is 15.6. The number of aliphatic hydroxyl groups is 1. The van der Waals surface area contributed by atoms with Crippen molar-refractivity contribution in [3.8, 4) is 0 Å². The van der Waals surface area contributed by atoms with Crippen molar-refractivity contribution in [2.45, 2.75) is 25.5 Å². The molecule has 8 heteroatoms. The van der Waals surface area contributed by atoms with Gasteiger partial charge in [-0.1, -0.05) is 12.1 Å². The number of nitrogens with one attached hydrogen (secondary N) is 1. The minimum absolute atomic E-state index is 0.00251. The summed E-state index contributed by atoms with van der Waals surface area (Å²) in [5.41, 5.74) is 0.997. The van der Waals surface area contributed by atoms with Gasteiger partial charge in [0.1, 0.15) is 30.1 Å². The molecule has 0 saturated carbocycles. The van der Waals surface area contributed by atoms with E-state index in [0.717, 1.165) is 87.7 Å². The van der Waals surface area contributed by atoms with E-state index in [1.54, 1.807) is 0 Å². The van der Waals surface area contributed by atoms with Crippen LogP contribution in [0.2, 0.25) is 0 Å². The maximum atomic E-state index is 9.20. The highest BCUT2D eigenvalue weighted by atomic mass is 16.5. The molecule has 0 amide bonds. The molecule has 8 nitrogen and oxygen atoms in total. The van der Waals surface area contributed by atoms with E-state index in [1.165, 1.54) is 0 Å². The molecular formula is C24H36N6O2. The quantitative estimate of drug-likeness (QED) is 0.542. The highest BCUT2D eigenvalue weighted by Crippen LogP contribution is 2.22. The maximum Gasteiger partial charge on any atom is 0.145 e. The molecule has 0 aliphatic carbocycles. The summed E-state index contributed by atoms with van der Waals surface area (Å²) in [7, 11) is 4.20. The summed E-state index contributed by atoms with van der Waals surface area (Å²) in [5.74, 6) is 2.53. The SMILES string of the molecule is CN(C)CCCNc1nc(CN2CCN(CC3CC=C(CO)O3)CC2)nc2ccccc12. The normalized spacial score (nSPS) is 20.0. The second kappa shape index (κ2) is 11.0. The van der Waals surface area contributed by atoms with E-state index in [0.29, 0.717) is 5.76 Å². The van der Waals surface area contributed by atoms with Gasteiger partial charge < -0.3 is 20.1 Å². The molecule has 1 saturated heterocycles. The highest BCUT2D eigenvalue weighted by Gasteiger charge is 2.24. The first-order valence-corrected chi connectivity index (χ1v) is 11.7. The fraction of sp³-hybridized carbons (Fsp3) is 0.583. The molecule has 0 radical (unpaired) electrons. The number of hydrogen-bond donors (Lipinski definition) is 2. The number of benzene rings is 1. The summed E-state index contributed by atoms with van der Waals surface area (Å²) >= 11 is 0. The van der Waals surface area contributed by atoms with Crippen molar-refractivity contribution in [1.29, 1.82) is 0 Å². The molecule has 0 bridgehead atoms. The lowest BCUT2D eigenvalue weighted by Crippen LogP contribution is -2.48. The predicted octanol–water partition coefficient (Wildman–Crippen LogP) is 1.78. The van der Waals surface area contributed by atoms with Crippen LogP contribution >= 0.6 is 0 Å². The summed E-state index contributed by atoms with van der Waals surface area (Å²) in [6, 6.07) is 8.24. The molecule has 3 heterocycles. The van der Waals surface area contributed by atoms with Crippen LogP contribution in [0.3, 0.4) is 0 Å². The van der Waals surface area contributed by atoms with Gasteiger partial charge in [0, 0.05) is 51.1 Å². The van der Waals surface area contributed by atoms with Crippen molar-refractivity contribution in [2.24, 2.45) is 0 Å². The summed E-state index contributed by atoms with van der Waals surface area (Å²) in [6.45, 7) is 7.65. The molecule has 0 spiro atoms. The molecule has 1 atom stereocenters. The van der Waals surface area contributed by atoms with Crippen LogP contribution < -0.4 is 5.32 Å². The second-order valence-electron chi connectivity index (χ2n) is 8.97. The van der Waals surface area contributed by atoms with Gasteiger partial charge in [-0.25, -0.2) is 9.97 Å². The molecule has 2 N–H and O–H groups in total. The van der Waals surface area contributed by atoms with E-state index >= 15 is 0 Å². The number of aromatic nitrogens is 2. The van der Waals surface area contributed by atoms with Crippen LogP contribution in [0.25, 0.3) is 10.9 Å². The van der Waals surface area contributed by atoms with Gasteiger partial charge in [-0.15, -0.1) is 0 Å². The van der Waals surface area contributed by atoms with Gasteiger partial charge >= 0.3 is 0 Å². The zero-order valence-corrected chi connectivity index (χ0v) is 19.3. The van der Waals surface area contributed by atoms with Crippen LogP contribution in [0.5, 0.6) is 0 Å². The van der Waals surface area contributed by atoms with Gasteiger partial charge in [-0.05, 0) is 45.3 Å². The molecule has 2 aromatic rings. The van der Waals surface area contributed by atoms with E-state index in [-0.39, 0.29) is 12.7 Å². The fourth-order valence-corrected chi connectivity index (χ4v) is 4.34. The Morgan fingerprint density at radius 1 is 1.12 bits per heavy atom. The summed E-state index contributed by atoms with van der Waals surface area (Å²) < 4.78 is 5.77. The van der Waals surface area contributed by atoms with Gasteiger partial charge in [-0.3, -0.25) is 9.80 Å². The number of aliphatic hydroxyl groups excluding tert-OH is 1. The standard InChI is InChI=1S/C24H36N6O2/c1-28(2)11-5-10-25-24-21-6-3-4-7-22(21)26-23(27-24)17-30-14-12-29(13-15-30)16-19-8-9-20(18-31)32-19/h3-4,6-7,9,19,31H,5,8,10-18H2,1-2H3,(H,25,26,27). The molecule has 32 heavy (non-hydrogen) atoms. The minimum Gasteiger partial charge on any atom is -0.491 e. The number of hydrogen-bond acceptors (Lipinski definition) is 8. The van der Waals surface area contributed by atoms with Crippen molar-refractivity contribution < 1.29 is 9.84 Å². The Morgan fingerprint density at radius 3 is 2.66 bits per heavy atom. The average Bonchev–Trinajstić information content (AvgIpc) is 3.25. The van der Waals surface area contributed by atoms with E-state index in [1.807, 2.05) is 18.2 Å². The van der Waals surface area contributed by atoms with Crippen molar-refractivity contribution >= 4 is 16.7 Å². The van der Waals surface area contributed by atoms with Crippen molar-refractivity contribution in [2.75, 3.05) is 71.8 Å². The lowest BCUT2D eigenvalue weighted by Gasteiger charge is -2.35. The average molecular weight is 441 g/mol. The van der Waals surface area contributed by atoms with E-state index in [4.69, 9.17) is 14.7 Å². The van der Waals surface area contributed by atoms with Gasteiger partial charge in [0.15, 0.2) is 0 Å². The van der Waals surface area contributed by atoms with E-state index in [2.05, 4.69) is 46.2 Å². The predicted molar refractivity (Wildman–Crippen MR) is 128 cm³/mol. The molecule has 174 valence electrons. The third-order valence-electron chi connectivity index (χ3n) is 6.10. The second-order valence-corrected chi connectivity index (χ2v) is 8.97. The van der Waals surface area contributed by atoms with Crippen LogP contribution in [-0.4, -0.2) is 102 Å². The lowest BCUT2D eigenvalue weighted by atomic mass is 10.2. The van der Waals surface area contributed by atoms with E-state index < -0.39 is 0 Å². The molecule has 2 aliphatic rings. The largest absolute Gasteiger partial charge is 0.491 e. The Balaban J connectivity index is 1.32. The maximum absolute atomic E-state index is 9.20. The Kier molecular flexibility index (Phi) is 7.91. The topological polar surface area (TPSA) is 77.0 Å². The van der Waals surface area contributed by atoms with Crippen LogP contribution in [0.15, 0.2) is 36.1 Å². The molecular weight excluding hydrogens is 404 g/mol. The highest BCUT2D eigenvalue weighted by molar-refractivity contribution is 5.88. The Morgan fingerprint density at radius 2 is 1.91 bits per heavy atom. The number of para-hydroxylation sites is 1. The molecule has 1 aromatic carbocycles. The third-order valence-corrected chi connectivity index (χ3v) is 6.10. The van der Waals surface area contributed by atoms with Crippen LogP contribution in [0.1, 0.15) is 18.7 Å². The van der Waals surface area contributed by atoms with Gasteiger partial charge in [0.25, 0.3) is 0 Å². The first kappa shape index (κ1) is 22.9. The first-order valence-electron chi connectivity index (χ1n) is 11.7. The Hall–Kier alpha value is -2.26. The zero-order chi connectivity index (χ0) is 22.3. The number of piperazine rings is 1. The Bertz CT molecular complexity index is 910.